The summed E-state index contributed by atoms with van der Waals surface area (Å²) in [6, 6.07) is 4.32. The lowest BCUT2D eigenvalue weighted by molar-refractivity contribution is 0.464. The quantitative estimate of drug-likeness (QED) is 0.790. The lowest BCUT2D eigenvalue weighted by atomic mass is 10.0. The van der Waals surface area contributed by atoms with Crippen LogP contribution in [0.5, 0.6) is 5.75 Å². The second kappa shape index (κ2) is 7.93. The minimum Gasteiger partial charge on any atom is -0.507 e. The molecular formula is C14H22OS2. The Hall–Kier alpha value is -0.280. The van der Waals surface area contributed by atoms with E-state index in [2.05, 4.69) is 32.9 Å². The minimum atomic E-state index is 0.513. The Bertz CT molecular complexity index is 350. The topological polar surface area (TPSA) is 20.2 Å². The highest BCUT2D eigenvalue weighted by Crippen LogP contribution is 2.29. The molecule has 0 radical (unpaired) electrons. The smallest absolute Gasteiger partial charge is 0.122 e. The van der Waals surface area contributed by atoms with Crippen molar-refractivity contribution in [3.8, 4) is 5.75 Å². The van der Waals surface area contributed by atoms with Gasteiger partial charge in [0.05, 0.1) is 0 Å². The molecule has 0 fully saturated rings. The summed E-state index contributed by atoms with van der Waals surface area (Å²) in [7, 11) is 0. The van der Waals surface area contributed by atoms with Crippen molar-refractivity contribution in [2.45, 2.75) is 38.7 Å². The molecule has 0 unspecified atom stereocenters. The van der Waals surface area contributed by atoms with E-state index in [1.807, 2.05) is 23.5 Å². The van der Waals surface area contributed by atoms with Crippen LogP contribution in [0.3, 0.4) is 0 Å². The van der Waals surface area contributed by atoms with Crippen molar-refractivity contribution in [2.24, 2.45) is 0 Å². The van der Waals surface area contributed by atoms with Crippen LogP contribution in [-0.4, -0.2) is 16.6 Å². The summed E-state index contributed by atoms with van der Waals surface area (Å²) in [6.45, 7) is 6.43. The number of phenols is 1. The third-order valence-corrected chi connectivity index (χ3v) is 4.51. The van der Waals surface area contributed by atoms with Crippen LogP contribution in [0.15, 0.2) is 12.1 Å². The molecule has 0 aliphatic carbocycles. The molecule has 1 N–H and O–H groups in total. The van der Waals surface area contributed by atoms with Crippen LogP contribution < -0.4 is 0 Å². The Morgan fingerprint density at radius 3 is 2.12 bits per heavy atom. The SMILES string of the molecule is CCSCc1cc(CC)c(O)c(CSCC)c1. The predicted octanol–water partition coefficient (Wildman–Crippen LogP) is 4.46. The first kappa shape index (κ1) is 14.8. The molecule has 1 rings (SSSR count). The first-order valence-electron chi connectivity index (χ1n) is 6.21. The van der Waals surface area contributed by atoms with Gasteiger partial charge in [-0.05, 0) is 29.1 Å². The van der Waals surface area contributed by atoms with Crippen LogP contribution in [-0.2, 0) is 17.9 Å². The molecule has 0 aromatic heterocycles. The van der Waals surface area contributed by atoms with Gasteiger partial charge in [0.15, 0.2) is 0 Å². The fourth-order valence-electron chi connectivity index (χ4n) is 1.73. The van der Waals surface area contributed by atoms with Crippen LogP contribution in [0.2, 0.25) is 0 Å². The predicted molar refractivity (Wildman–Crippen MR) is 81.2 cm³/mol. The van der Waals surface area contributed by atoms with E-state index in [0.717, 1.165) is 40.6 Å². The Labute approximate surface area is 113 Å². The van der Waals surface area contributed by atoms with E-state index in [9.17, 15) is 5.11 Å². The summed E-state index contributed by atoms with van der Waals surface area (Å²) in [6.07, 6.45) is 0.903. The number of hydrogen-bond donors (Lipinski definition) is 1. The maximum Gasteiger partial charge on any atom is 0.122 e. The van der Waals surface area contributed by atoms with Gasteiger partial charge in [0.25, 0.3) is 0 Å². The van der Waals surface area contributed by atoms with Crippen LogP contribution in [0.25, 0.3) is 0 Å². The zero-order valence-corrected chi connectivity index (χ0v) is 12.6. The molecule has 0 saturated heterocycles. The number of aromatic hydroxyl groups is 1. The zero-order valence-electron chi connectivity index (χ0n) is 11.0. The van der Waals surface area contributed by atoms with Crippen LogP contribution in [0.4, 0.5) is 0 Å². The number of rotatable bonds is 7. The fourth-order valence-corrected chi connectivity index (χ4v) is 2.98. The normalized spacial score (nSPS) is 10.8. The van der Waals surface area contributed by atoms with Crippen molar-refractivity contribution in [3.63, 3.8) is 0 Å². The van der Waals surface area contributed by atoms with E-state index in [4.69, 9.17) is 0 Å². The minimum absolute atomic E-state index is 0.513. The molecule has 96 valence electrons. The first-order chi connectivity index (χ1) is 8.22. The molecule has 0 aliphatic heterocycles. The highest BCUT2D eigenvalue weighted by Gasteiger charge is 2.08. The van der Waals surface area contributed by atoms with E-state index in [1.165, 1.54) is 5.56 Å². The summed E-state index contributed by atoms with van der Waals surface area (Å²) in [5.74, 6) is 4.71. The van der Waals surface area contributed by atoms with Crippen LogP contribution in [0.1, 0.15) is 37.5 Å². The molecule has 0 spiro atoms. The Morgan fingerprint density at radius 2 is 1.53 bits per heavy atom. The number of phenolic OH excluding ortho intramolecular Hbond substituents is 1. The Morgan fingerprint density at radius 1 is 0.941 bits per heavy atom. The van der Waals surface area contributed by atoms with Gasteiger partial charge >= 0.3 is 0 Å². The summed E-state index contributed by atoms with van der Waals surface area (Å²) < 4.78 is 0. The van der Waals surface area contributed by atoms with Crippen molar-refractivity contribution < 1.29 is 5.11 Å². The maximum absolute atomic E-state index is 10.1. The van der Waals surface area contributed by atoms with Crippen molar-refractivity contribution in [1.82, 2.24) is 0 Å². The standard InChI is InChI=1S/C14H22OS2/c1-4-12-7-11(9-16-5-2)8-13(14(12)15)10-17-6-3/h7-8,15H,4-6,9-10H2,1-3H3. The summed E-state index contributed by atoms with van der Waals surface area (Å²) in [4.78, 5) is 0. The van der Waals surface area contributed by atoms with Gasteiger partial charge in [-0.15, -0.1) is 0 Å². The van der Waals surface area contributed by atoms with Crippen molar-refractivity contribution >= 4 is 23.5 Å². The maximum atomic E-state index is 10.1. The largest absolute Gasteiger partial charge is 0.507 e. The summed E-state index contributed by atoms with van der Waals surface area (Å²) >= 11 is 3.79. The average Bonchev–Trinajstić information content (AvgIpc) is 2.35. The summed E-state index contributed by atoms with van der Waals surface area (Å²) in [5, 5.41) is 10.1. The van der Waals surface area contributed by atoms with E-state index < -0.39 is 0 Å². The number of aryl methyl sites for hydroxylation is 1. The molecular weight excluding hydrogens is 248 g/mol. The molecule has 0 amide bonds. The average molecular weight is 270 g/mol. The van der Waals surface area contributed by atoms with Gasteiger partial charge in [-0.1, -0.05) is 32.9 Å². The second-order valence-electron chi connectivity index (χ2n) is 3.89. The van der Waals surface area contributed by atoms with Crippen LogP contribution in [0, 0.1) is 0 Å². The molecule has 17 heavy (non-hydrogen) atoms. The van der Waals surface area contributed by atoms with Crippen LogP contribution >= 0.6 is 23.5 Å². The molecule has 0 saturated carbocycles. The molecule has 0 heterocycles. The van der Waals surface area contributed by atoms with Gasteiger partial charge in [0, 0.05) is 17.1 Å². The van der Waals surface area contributed by atoms with Gasteiger partial charge in [0.2, 0.25) is 0 Å². The highest BCUT2D eigenvalue weighted by molar-refractivity contribution is 7.98. The zero-order chi connectivity index (χ0) is 12.7. The van der Waals surface area contributed by atoms with Crippen molar-refractivity contribution in [3.05, 3.63) is 28.8 Å². The fraction of sp³-hybridized carbons (Fsp3) is 0.571. The molecule has 0 bridgehead atoms. The number of thioether (sulfide) groups is 2. The summed E-state index contributed by atoms with van der Waals surface area (Å²) in [5.41, 5.74) is 3.53. The van der Waals surface area contributed by atoms with Crippen molar-refractivity contribution in [2.75, 3.05) is 11.5 Å². The lowest BCUT2D eigenvalue weighted by Gasteiger charge is -2.11. The van der Waals surface area contributed by atoms with E-state index >= 15 is 0 Å². The van der Waals surface area contributed by atoms with Gasteiger partial charge in [0.1, 0.15) is 5.75 Å². The molecule has 1 aromatic carbocycles. The molecule has 1 aromatic rings. The lowest BCUT2D eigenvalue weighted by Crippen LogP contribution is -1.93. The van der Waals surface area contributed by atoms with Gasteiger partial charge in [-0.25, -0.2) is 0 Å². The monoisotopic (exact) mass is 270 g/mol. The highest BCUT2D eigenvalue weighted by atomic mass is 32.2. The van der Waals surface area contributed by atoms with Gasteiger partial charge < -0.3 is 5.11 Å². The van der Waals surface area contributed by atoms with Gasteiger partial charge in [-0.2, -0.15) is 23.5 Å². The Balaban J connectivity index is 2.92. The second-order valence-corrected chi connectivity index (χ2v) is 6.44. The molecule has 0 atom stereocenters. The third-order valence-electron chi connectivity index (χ3n) is 2.64. The molecule has 0 aliphatic rings. The third kappa shape index (κ3) is 4.47. The molecule has 3 heteroatoms. The Kier molecular flexibility index (Phi) is 6.90. The molecule has 1 nitrogen and oxygen atoms in total. The van der Waals surface area contributed by atoms with Gasteiger partial charge in [-0.3, -0.25) is 0 Å². The van der Waals surface area contributed by atoms with E-state index in [1.54, 1.807) is 0 Å². The van der Waals surface area contributed by atoms with Crippen molar-refractivity contribution in [1.29, 1.82) is 0 Å². The van der Waals surface area contributed by atoms with E-state index in [-0.39, 0.29) is 0 Å². The number of hydrogen-bond acceptors (Lipinski definition) is 3. The van der Waals surface area contributed by atoms with E-state index in [0.29, 0.717) is 5.75 Å². The number of benzene rings is 1. The first-order valence-corrected chi connectivity index (χ1v) is 8.52.